The second-order valence-electron chi connectivity index (χ2n) is 20.1. The van der Waals surface area contributed by atoms with Gasteiger partial charge >= 0.3 is 12.2 Å². The van der Waals surface area contributed by atoms with E-state index < -0.39 is 11.2 Å². The van der Waals surface area contributed by atoms with Crippen LogP contribution in [0.4, 0.5) is 21.0 Å². The molecule has 2 amide bonds. The molecule has 3 N–H and O–H groups in total. The van der Waals surface area contributed by atoms with Crippen molar-refractivity contribution in [2.75, 3.05) is 135 Å². The van der Waals surface area contributed by atoms with Gasteiger partial charge in [-0.1, -0.05) is 0 Å². The minimum atomic E-state index is -0.467. The van der Waals surface area contributed by atoms with Crippen molar-refractivity contribution in [3.8, 4) is 17.6 Å². The number of pyridine rings is 3. The molecule has 76 heavy (non-hydrogen) atoms. The van der Waals surface area contributed by atoms with E-state index in [1.54, 1.807) is 28.4 Å². The Morgan fingerprint density at radius 2 is 0.868 bits per heavy atom. The lowest BCUT2D eigenvalue weighted by Crippen LogP contribution is -2.44. The predicted molar refractivity (Wildman–Crippen MR) is 302 cm³/mol. The summed E-state index contributed by atoms with van der Waals surface area (Å²) in [5.74, 6) is 2.05. The fourth-order valence-electron chi connectivity index (χ4n) is 8.36. The van der Waals surface area contributed by atoms with Crippen molar-refractivity contribution in [3.05, 3.63) is 59.5 Å². The van der Waals surface area contributed by atoms with Crippen LogP contribution < -0.4 is 34.6 Å². The number of piperidine rings is 3. The summed E-state index contributed by atoms with van der Waals surface area (Å²) < 4.78 is 45.7. The fourth-order valence-corrected chi connectivity index (χ4v) is 8.71. The first-order chi connectivity index (χ1) is 35.7. The van der Waals surface area contributed by atoms with E-state index in [4.69, 9.17) is 43.0 Å². The van der Waals surface area contributed by atoms with Crippen LogP contribution in [0.25, 0.3) is 0 Å². The van der Waals surface area contributed by atoms with Gasteiger partial charge in [0.2, 0.25) is 17.6 Å². The van der Waals surface area contributed by atoms with E-state index in [2.05, 4.69) is 57.4 Å². The van der Waals surface area contributed by atoms with Crippen molar-refractivity contribution < 1.29 is 52.6 Å². The first-order valence-corrected chi connectivity index (χ1v) is 27.1. The Kier molecular flexibility index (Phi) is 30.7. The van der Waals surface area contributed by atoms with Crippen LogP contribution in [0.5, 0.6) is 17.6 Å². The monoisotopic (exact) mass is 1170 g/mol. The van der Waals surface area contributed by atoms with Gasteiger partial charge in [-0.2, -0.15) is 0 Å². The summed E-state index contributed by atoms with van der Waals surface area (Å²) in [7, 11) is 1.00. The summed E-state index contributed by atoms with van der Waals surface area (Å²) in [5, 5.41) is 13.5. The molecule has 0 aromatic carbocycles. The molecule has 6 aliphatic rings. The highest BCUT2D eigenvalue weighted by Gasteiger charge is 2.30. The minimum absolute atomic E-state index is 0. The molecule has 23 heteroatoms. The Morgan fingerprint density at radius 3 is 1.22 bits per heavy atom. The normalized spacial score (nSPS) is 18.5. The Hall–Kier alpha value is -4.19. The number of likely N-dealkylation sites (tertiary alicyclic amines) is 2. The third-order valence-electron chi connectivity index (χ3n) is 12.1. The van der Waals surface area contributed by atoms with E-state index in [0.29, 0.717) is 37.9 Å². The van der Waals surface area contributed by atoms with Crippen LogP contribution >= 0.6 is 40.7 Å². The van der Waals surface area contributed by atoms with E-state index >= 15 is 0 Å². The first-order valence-electron chi connectivity index (χ1n) is 26.3. The molecular weight excluding hydrogens is 1090 g/mol. The Labute approximate surface area is 471 Å². The van der Waals surface area contributed by atoms with Crippen LogP contribution in [0, 0.1) is 0 Å². The fraction of sp³-hybridized carbons (Fsp3) is 0.679. The van der Waals surface area contributed by atoms with Crippen LogP contribution in [0.2, 0.25) is 0 Å². The number of carbonyl (C=O) groups excluding carboxylic acids is 2. The highest BCUT2D eigenvalue weighted by Crippen LogP contribution is 2.31. The average Bonchev–Trinajstić information content (AvgIpc) is 3.42. The van der Waals surface area contributed by atoms with E-state index in [1.165, 1.54) is 0 Å². The number of anilines is 2. The second kappa shape index (κ2) is 35.3. The summed E-state index contributed by atoms with van der Waals surface area (Å²) in [6.07, 6.45) is 10.4. The number of amides is 2. The Bertz CT molecular complexity index is 2050. The van der Waals surface area contributed by atoms with Crippen molar-refractivity contribution in [1.82, 2.24) is 35.4 Å². The molecule has 0 aliphatic carbocycles. The highest BCUT2D eigenvalue weighted by atomic mass is 79.9. The van der Waals surface area contributed by atoms with Crippen molar-refractivity contribution in [2.45, 2.75) is 110 Å². The van der Waals surface area contributed by atoms with Crippen molar-refractivity contribution in [1.29, 1.82) is 0 Å². The van der Waals surface area contributed by atoms with Gasteiger partial charge in [-0.05, 0) is 120 Å². The maximum atomic E-state index is 12.2. The zero-order valence-corrected chi connectivity index (χ0v) is 49.0. The molecule has 3 aromatic heterocycles. The van der Waals surface area contributed by atoms with Gasteiger partial charge in [0.15, 0.2) is 0 Å². The summed E-state index contributed by atoms with van der Waals surface area (Å²) in [4.78, 5) is 45.3. The smallest absolute Gasteiger partial charge is 0.410 e. The van der Waals surface area contributed by atoms with Crippen LogP contribution in [0.15, 0.2) is 59.5 Å². The van der Waals surface area contributed by atoms with Crippen molar-refractivity contribution in [2.24, 2.45) is 0 Å². The number of rotatable bonds is 8. The molecule has 9 rings (SSSR count). The highest BCUT2D eigenvalue weighted by molar-refractivity contribution is 9.10. The molecule has 20 nitrogen and oxygen atoms in total. The molecule has 0 saturated carbocycles. The molecule has 0 unspecified atom stereocenters. The second-order valence-corrected chi connectivity index (χ2v) is 21.0. The van der Waals surface area contributed by atoms with Crippen LogP contribution in [-0.2, 0) is 23.7 Å². The number of aliphatic hydroxyl groups excluding tert-OH is 1. The maximum absolute atomic E-state index is 12.2. The van der Waals surface area contributed by atoms with Gasteiger partial charge in [0.05, 0.1) is 44.1 Å². The number of aromatic nitrogens is 3. The first kappa shape index (κ1) is 66.1. The molecule has 3 aromatic rings. The number of nitrogens with one attached hydrogen (secondary N) is 2. The molecule has 0 spiro atoms. The third-order valence-corrected chi connectivity index (χ3v) is 12.7. The third kappa shape index (κ3) is 24.2. The zero-order valence-electron chi connectivity index (χ0n) is 45.8. The number of hydrogen-bond acceptors (Lipinski definition) is 18. The summed E-state index contributed by atoms with van der Waals surface area (Å²) in [6.45, 7) is 26.3. The molecule has 0 atom stereocenters. The lowest BCUT2D eigenvalue weighted by molar-refractivity contribution is 0.0111. The van der Waals surface area contributed by atoms with Gasteiger partial charge < -0.3 is 73.2 Å². The zero-order chi connectivity index (χ0) is 53.2. The van der Waals surface area contributed by atoms with Crippen LogP contribution in [-0.4, -0.2) is 197 Å². The number of nitrogens with zero attached hydrogens (tertiary/aromatic N) is 7. The summed E-state index contributed by atoms with van der Waals surface area (Å²) >= 11 is 3.42. The molecule has 6 fully saturated rings. The quantitative estimate of drug-likeness (QED) is 0.201. The number of carbonyl (C=O) groups is 2. The topological polar surface area (TPSA) is 204 Å². The van der Waals surface area contributed by atoms with Gasteiger partial charge in [-0.3, -0.25) is 0 Å². The van der Waals surface area contributed by atoms with Crippen molar-refractivity contribution in [3.63, 3.8) is 0 Å². The average molecular weight is 1180 g/mol. The van der Waals surface area contributed by atoms with Gasteiger partial charge in [0.1, 0.15) is 40.9 Å². The number of morpholine rings is 3. The van der Waals surface area contributed by atoms with Gasteiger partial charge in [0.25, 0.3) is 0 Å². The van der Waals surface area contributed by atoms with E-state index in [0.717, 1.165) is 159 Å². The minimum Gasteiger partial charge on any atom is -0.473 e. The standard InChI is InChI=1S/C19H29N3O4.C15H21BrN2O3.C14H21N3O2.C4H9NO.CH4O.2ClH/c1-19(2,3)26-18(23)22-9-6-15(7-10-22)25-17-16(5-4-8-20-17)21-11-13-24-14-12-21;1-15(2,3)21-14(19)18-9-6-11(7-10-18)20-13-12(16)5-4-8-17-13;1-2-13(17-8-10-18-11-9-17)14(16-5-1)19-12-3-6-15-7-4-12;1-3-6-4-2-5-1;1-2;;/h4-5,8,15H,6-7,9-14H2,1-3H3;4-5,8,11H,6-7,9-10H2,1-3H3;1-2,5,12,15H,3-4,6-11H2;5H,1-4H2;2H,1H3;2*1H. The molecule has 9 heterocycles. The molecule has 6 aliphatic heterocycles. The van der Waals surface area contributed by atoms with Crippen LogP contribution in [0.1, 0.15) is 80.1 Å². The molecular formula is C53H86BrCl2N9O11. The van der Waals surface area contributed by atoms with Crippen molar-refractivity contribution >= 4 is 64.3 Å². The Morgan fingerprint density at radius 1 is 0.526 bits per heavy atom. The van der Waals surface area contributed by atoms with Crippen LogP contribution in [0.3, 0.4) is 0 Å². The number of halogens is 3. The molecule has 0 bridgehead atoms. The number of ether oxygens (including phenoxy) is 8. The predicted octanol–water partition coefficient (Wildman–Crippen LogP) is 7.43. The van der Waals surface area contributed by atoms with Gasteiger partial charge in [0, 0.05) is 117 Å². The van der Waals surface area contributed by atoms with E-state index in [1.807, 2.05) is 71.9 Å². The molecule has 6 saturated heterocycles. The number of aliphatic hydroxyl groups is 1. The van der Waals surface area contributed by atoms with Gasteiger partial charge in [-0.25, -0.2) is 24.5 Å². The summed E-state index contributed by atoms with van der Waals surface area (Å²) in [5.41, 5.74) is 1.20. The maximum Gasteiger partial charge on any atom is 0.410 e. The van der Waals surface area contributed by atoms with Gasteiger partial charge in [-0.15, -0.1) is 24.8 Å². The largest absolute Gasteiger partial charge is 0.473 e. The lowest BCUT2D eigenvalue weighted by Gasteiger charge is -2.34. The van der Waals surface area contributed by atoms with E-state index in [-0.39, 0.29) is 55.3 Å². The Balaban J connectivity index is 0.000000278. The number of hydrogen-bond donors (Lipinski definition) is 3. The van der Waals surface area contributed by atoms with E-state index in [9.17, 15) is 9.59 Å². The SMILES string of the molecule is C1COCCN1.CC(C)(C)OC(=O)N1CCC(Oc2ncccc2Br)CC1.CC(C)(C)OC(=O)N1CCC(Oc2ncccc2N2CCOCC2)CC1.CO.Cl.Cl.c1cnc(OC2CCNCC2)c(N2CCOCC2)c1. The molecule has 0 radical (unpaired) electrons. The lowest BCUT2D eigenvalue weighted by atomic mass is 10.1. The molecule has 430 valence electrons. The summed E-state index contributed by atoms with van der Waals surface area (Å²) in [6, 6.07) is 11.8.